The number of benzene rings is 3. The third-order valence-electron chi connectivity index (χ3n) is 8.52. The van der Waals surface area contributed by atoms with Gasteiger partial charge in [0.25, 0.3) is 0 Å². The van der Waals surface area contributed by atoms with E-state index in [-0.39, 0.29) is 0 Å². The Labute approximate surface area is 215 Å². The van der Waals surface area contributed by atoms with Gasteiger partial charge in [-0.3, -0.25) is 0 Å². The van der Waals surface area contributed by atoms with Gasteiger partial charge in [-0.05, 0) is 94.5 Å². The van der Waals surface area contributed by atoms with Crippen molar-refractivity contribution in [2.45, 2.75) is 63.2 Å². The molecule has 0 aliphatic heterocycles. The highest BCUT2D eigenvalue weighted by Gasteiger charge is 2.33. The zero-order valence-electron chi connectivity index (χ0n) is 21.0. The van der Waals surface area contributed by atoms with Crippen molar-refractivity contribution in [3.05, 3.63) is 130 Å². The lowest BCUT2D eigenvalue weighted by Crippen LogP contribution is -2.15. The summed E-state index contributed by atoms with van der Waals surface area (Å²) in [5.41, 5.74) is 12.6. The minimum atomic E-state index is 0.576. The fourth-order valence-electron chi connectivity index (χ4n) is 6.86. The number of hydrogen-bond acceptors (Lipinski definition) is 1. The van der Waals surface area contributed by atoms with E-state index in [0.29, 0.717) is 11.8 Å². The van der Waals surface area contributed by atoms with E-state index < -0.39 is 0 Å². The fourth-order valence-corrected chi connectivity index (χ4v) is 6.86. The topological polar surface area (TPSA) is 23.9 Å². The molecule has 1 heteroatoms. The summed E-state index contributed by atoms with van der Waals surface area (Å²) in [6.45, 7) is 0. The van der Waals surface area contributed by atoms with E-state index in [0.717, 1.165) is 0 Å². The van der Waals surface area contributed by atoms with Crippen molar-refractivity contribution < 1.29 is 0 Å². The molecule has 3 aromatic carbocycles. The monoisotopic (exact) mass is 469 g/mol. The van der Waals surface area contributed by atoms with Gasteiger partial charge in [-0.2, -0.15) is 0 Å². The SMILES string of the molecule is N=C/C=C(/c1ccccc1)c1ccc2c(c1C1CCCCC1)C1CC/C(=C/C=C2c2ccccc2)C1. The van der Waals surface area contributed by atoms with Gasteiger partial charge in [-0.1, -0.05) is 110 Å². The second-order valence-electron chi connectivity index (χ2n) is 10.6. The minimum absolute atomic E-state index is 0.576. The number of allylic oxidation sites excluding steroid dienone is 4. The van der Waals surface area contributed by atoms with Crippen LogP contribution in [0.5, 0.6) is 0 Å². The van der Waals surface area contributed by atoms with Crippen molar-refractivity contribution in [2.75, 3.05) is 0 Å². The molecule has 1 N–H and O–H groups in total. The van der Waals surface area contributed by atoms with Crippen LogP contribution >= 0.6 is 0 Å². The van der Waals surface area contributed by atoms with Gasteiger partial charge in [-0.15, -0.1) is 0 Å². The Bertz CT molecular complexity index is 1330. The highest BCUT2D eigenvalue weighted by Crippen LogP contribution is 2.50. The Hall–Kier alpha value is -3.45. The summed E-state index contributed by atoms with van der Waals surface area (Å²) >= 11 is 0. The maximum absolute atomic E-state index is 8.01. The molecule has 3 aromatic rings. The molecule has 0 heterocycles. The van der Waals surface area contributed by atoms with Crippen molar-refractivity contribution >= 4 is 17.4 Å². The summed E-state index contributed by atoms with van der Waals surface area (Å²) in [6.07, 6.45) is 18.5. The molecule has 1 unspecified atom stereocenters. The molecule has 1 nitrogen and oxygen atoms in total. The zero-order chi connectivity index (χ0) is 24.3. The van der Waals surface area contributed by atoms with Crippen LogP contribution in [0.15, 0.2) is 96.6 Å². The Balaban J connectivity index is 1.63. The van der Waals surface area contributed by atoms with Crippen LogP contribution in [0.1, 0.15) is 96.6 Å². The molecule has 0 radical (unpaired) electrons. The molecule has 0 amide bonds. The van der Waals surface area contributed by atoms with Crippen LogP contribution in [0.3, 0.4) is 0 Å². The van der Waals surface area contributed by atoms with E-state index in [1.165, 1.54) is 91.0 Å². The molecule has 180 valence electrons. The quantitative estimate of drug-likeness (QED) is 0.360. The molecule has 2 saturated carbocycles. The van der Waals surface area contributed by atoms with Crippen LogP contribution in [0, 0.1) is 5.41 Å². The van der Waals surface area contributed by atoms with E-state index in [1.807, 2.05) is 6.08 Å². The zero-order valence-corrected chi connectivity index (χ0v) is 21.0. The lowest BCUT2D eigenvalue weighted by molar-refractivity contribution is 0.439. The lowest BCUT2D eigenvalue weighted by Gasteiger charge is -2.32. The average molecular weight is 470 g/mol. The summed E-state index contributed by atoms with van der Waals surface area (Å²) in [5, 5.41) is 8.01. The second-order valence-corrected chi connectivity index (χ2v) is 10.6. The van der Waals surface area contributed by atoms with Crippen molar-refractivity contribution in [3.63, 3.8) is 0 Å². The van der Waals surface area contributed by atoms with Crippen LogP contribution in [-0.4, -0.2) is 6.21 Å². The lowest BCUT2D eigenvalue weighted by atomic mass is 9.72. The number of fused-ring (bicyclic) bond motifs is 4. The number of hydrogen-bond donors (Lipinski definition) is 1. The summed E-state index contributed by atoms with van der Waals surface area (Å²) < 4.78 is 0. The van der Waals surface area contributed by atoms with Crippen LogP contribution in [0.25, 0.3) is 11.1 Å². The van der Waals surface area contributed by atoms with Gasteiger partial charge in [0.2, 0.25) is 0 Å². The molecule has 0 saturated heterocycles. The molecule has 0 aromatic heterocycles. The van der Waals surface area contributed by atoms with Crippen LogP contribution in [-0.2, 0) is 0 Å². The summed E-state index contributed by atoms with van der Waals surface area (Å²) in [6, 6.07) is 26.4. The first-order valence-corrected chi connectivity index (χ1v) is 13.7. The molecule has 3 aliphatic rings. The van der Waals surface area contributed by atoms with Crippen molar-refractivity contribution in [1.82, 2.24) is 0 Å². The summed E-state index contributed by atoms with van der Waals surface area (Å²) in [4.78, 5) is 0. The van der Waals surface area contributed by atoms with Crippen molar-refractivity contribution in [3.8, 4) is 0 Å². The first kappa shape index (κ1) is 23.0. The van der Waals surface area contributed by atoms with Crippen LogP contribution in [0.2, 0.25) is 0 Å². The van der Waals surface area contributed by atoms with Crippen LogP contribution < -0.4 is 0 Å². The van der Waals surface area contributed by atoms with Crippen LogP contribution in [0.4, 0.5) is 0 Å². The Morgan fingerprint density at radius 2 is 1.47 bits per heavy atom. The van der Waals surface area contributed by atoms with Gasteiger partial charge in [0.1, 0.15) is 0 Å². The van der Waals surface area contributed by atoms with E-state index in [1.54, 1.807) is 16.7 Å². The third-order valence-corrected chi connectivity index (χ3v) is 8.52. The molecule has 6 rings (SSSR count). The summed E-state index contributed by atoms with van der Waals surface area (Å²) in [5.74, 6) is 1.17. The Morgan fingerprint density at radius 1 is 0.722 bits per heavy atom. The maximum Gasteiger partial charge on any atom is 0.0184 e. The van der Waals surface area contributed by atoms with Gasteiger partial charge >= 0.3 is 0 Å². The maximum atomic E-state index is 8.01. The van der Waals surface area contributed by atoms with E-state index >= 15 is 0 Å². The smallest absolute Gasteiger partial charge is 0.0184 e. The predicted molar refractivity (Wildman–Crippen MR) is 153 cm³/mol. The Morgan fingerprint density at radius 3 is 2.22 bits per heavy atom. The first-order valence-electron chi connectivity index (χ1n) is 13.7. The van der Waals surface area contributed by atoms with E-state index in [4.69, 9.17) is 5.41 Å². The fraction of sp³-hybridized carbons (Fsp3) is 0.286. The Kier molecular flexibility index (Phi) is 6.55. The standard InChI is InChI=1S/C35H35N/c36-23-22-31(27-12-6-2-7-13-27)33-21-20-32-30(26-10-4-1-5-11-26)19-17-25-16-18-29(24-25)35(32)34(33)28-14-8-3-9-15-28/h1-2,4-7,10-13,17,19-23,28-29,36H,3,8-9,14-16,18,24H2/b25-17-,30-19?,31-22-,36-23?. The van der Waals surface area contributed by atoms with E-state index in [2.05, 4.69) is 84.9 Å². The van der Waals surface area contributed by atoms with Gasteiger partial charge in [-0.25, -0.2) is 0 Å². The molecule has 2 bridgehead atoms. The van der Waals surface area contributed by atoms with Crippen molar-refractivity contribution in [1.29, 1.82) is 5.41 Å². The number of rotatable bonds is 5. The molecular weight excluding hydrogens is 434 g/mol. The highest BCUT2D eigenvalue weighted by atomic mass is 14.4. The molecule has 3 aliphatic carbocycles. The van der Waals surface area contributed by atoms with Gasteiger partial charge < -0.3 is 5.41 Å². The molecule has 0 spiro atoms. The van der Waals surface area contributed by atoms with Crippen molar-refractivity contribution in [2.24, 2.45) is 0 Å². The molecule has 36 heavy (non-hydrogen) atoms. The van der Waals surface area contributed by atoms with Gasteiger partial charge in [0.05, 0.1) is 0 Å². The van der Waals surface area contributed by atoms with Gasteiger partial charge in [0, 0.05) is 6.21 Å². The normalized spacial score (nSPS) is 21.6. The van der Waals surface area contributed by atoms with Gasteiger partial charge in [0.15, 0.2) is 0 Å². The molecule has 1 atom stereocenters. The largest absolute Gasteiger partial charge is 0.309 e. The first-order chi connectivity index (χ1) is 17.8. The molecule has 2 fully saturated rings. The predicted octanol–water partition coefficient (Wildman–Crippen LogP) is 9.45. The average Bonchev–Trinajstić information content (AvgIpc) is 3.43. The van der Waals surface area contributed by atoms with E-state index in [9.17, 15) is 0 Å². The molecular formula is C35H35N. The minimum Gasteiger partial charge on any atom is -0.309 e. The third kappa shape index (κ3) is 4.32. The number of nitrogens with one attached hydrogen (secondary N) is 1. The highest BCUT2D eigenvalue weighted by molar-refractivity contribution is 5.93. The summed E-state index contributed by atoms with van der Waals surface area (Å²) in [7, 11) is 0. The second kappa shape index (κ2) is 10.3.